The third-order valence-corrected chi connectivity index (χ3v) is 6.70. The van der Waals surface area contributed by atoms with E-state index in [1.807, 2.05) is 0 Å². The first kappa shape index (κ1) is 22.6. The minimum Gasteiger partial charge on any atom is -0.305 e. The number of aromatic nitrogens is 3. The van der Waals surface area contributed by atoms with Crippen molar-refractivity contribution in [2.75, 3.05) is 5.32 Å². The first-order valence-corrected chi connectivity index (χ1v) is 11.7. The quantitative estimate of drug-likeness (QED) is 0.642. The van der Waals surface area contributed by atoms with Gasteiger partial charge in [0.1, 0.15) is 5.69 Å². The second-order valence-corrected chi connectivity index (χ2v) is 9.95. The molecule has 2 amide bonds. The van der Waals surface area contributed by atoms with E-state index in [1.54, 1.807) is 13.8 Å². The highest BCUT2D eigenvalue weighted by molar-refractivity contribution is 7.91. The minimum atomic E-state index is -4.69. The van der Waals surface area contributed by atoms with E-state index in [9.17, 15) is 26.6 Å². The van der Waals surface area contributed by atoms with Crippen LogP contribution in [0, 0.1) is 5.82 Å². The van der Waals surface area contributed by atoms with Crippen LogP contribution in [-0.4, -0.2) is 25.0 Å². The zero-order chi connectivity index (χ0) is 23.4. The van der Waals surface area contributed by atoms with Gasteiger partial charge in [0.15, 0.2) is 15.7 Å². The van der Waals surface area contributed by atoms with E-state index in [4.69, 9.17) is 5.14 Å². The molecule has 0 aliphatic heterocycles. The van der Waals surface area contributed by atoms with Crippen molar-refractivity contribution in [2.24, 2.45) is 9.50 Å². The Morgan fingerprint density at radius 3 is 2.59 bits per heavy atom. The van der Waals surface area contributed by atoms with Crippen LogP contribution in [0.2, 0.25) is 0 Å². The lowest BCUT2D eigenvalue weighted by Crippen LogP contribution is -2.22. The minimum absolute atomic E-state index is 0.000503. The van der Waals surface area contributed by atoms with Crippen LogP contribution in [0.1, 0.15) is 67.6 Å². The maximum atomic E-state index is 14.2. The van der Waals surface area contributed by atoms with Gasteiger partial charge in [-0.25, -0.2) is 23.5 Å². The smallest absolute Gasteiger partial charge is 0.305 e. The van der Waals surface area contributed by atoms with Crippen molar-refractivity contribution in [3.8, 4) is 0 Å². The van der Waals surface area contributed by atoms with Gasteiger partial charge in [-0.05, 0) is 57.4 Å². The van der Waals surface area contributed by atoms with Crippen molar-refractivity contribution >= 4 is 21.6 Å². The van der Waals surface area contributed by atoms with Crippen molar-refractivity contribution in [2.45, 2.75) is 69.1 Å². The van der Waals surface area contributed by atoms with E-state index in [2.05, 4.69) is 19.8 Å². The topological polar surface area (TPSA) is 115 Å². The van der Waals surface area contributed by atoms with Crippen LogP contribution < -0.4 is 10.5 Å². The van der Waals surface area contributed by atoms with Gasteiger partial charge in [-0.2, -0.15) is 18.3 Å². The Balaban J connectivity index is 1.75. The third kappa shape index (κ3) is 4.22. The molecule has 0 spiro atoms. The average Bonchev–Trinajstić information content (AvgIpc) is 3.23. The second-order valence-electron chi connectivity index (χ2n) is 8.25. The van der Waals surface area contributed by atoms with Crippen molar-refractivity contribution in [1.29, 1.82) is 0 Å². The summed E-state index contributed by atoms with van der Waals surface area (Å²) < 4.78 is 72.7. The lowest BCUT2D eigenvalue weighted by molar-refractivity contribution is -0.141. The number of nitrogens with one attached hydrogen (secondary N) is 1. The van der Waals surface area contributed by atoms with Gasteiger partial charge in [-0.15, -0.1) is 4.36 Å². The molecule has 3 N–H and O–H groups in total. The molecule has 2 aliphatic carbocycles. The maximum absolute atomic E-state index is 14.2. The van der Waals surface area contributed by atoms with Crippen LogP contribution >= 0.6 is 0 Å². The fourth-order valence-corrected chi connectivity index (χ4v) is 4.76. The summed E-state index contributed by atoms with van der Waals surface area (Å²) in [6.07, 6.45) is -1.24. The number of hydrogen-bond donors (Lipinski definition) is 2. The summed E-state index contributed by atoms with van der Waals surface area (Å²) in [5, 5.41) is 11.1. The molecule has 2 aromatic heterocycles. The van der Waals surface area contributed by atoms with Gasteiger partial charge in [0.2, 0.25) is 5.03 Å². The Labute approximate surface area is 181 Å². The largest absolute Gasteiger partial charge is 0.433 e. The van der Waals surface area contributed by atoms with Crippen LogP contribution in [0.25, 0.3) is 0 Å². The summed E-state index contributed by atoms with van der Waals surface area (Å²) in [6.45, 7) is 3.42. The molecule has 32 heavy (non-hydrogen) atoms. The lowest BCUT2D eigenvalue weighted by Gasteiger charge is -2.19. The van der Waals surface area contributed by atoms with Crippen molar-refractivity contribution < 1.29 is 26.6 Å². The fraction of sp³-hybridized carbons (Fsp3) is 0.526. The fourth-order valence-electron chi connectivity index (χ4n) is 3.84. The van der Waals surface area contributed by atoms with Crippen molar-refractivity contribution in [1.82, 2.24) is 14.8 Å². The summed E-state index contributed by atoms with van der Waals surface area (Å²) in [5.74, 6) is -1.38. The molecule has 0 bridgehead atoms. The summed E-state index contributed by atoms with van der Waals surface area (Å²) in [7, 11) is -4.07. The third-order valence-electron chi connectivity index (χ3n) is 5.43. The standard InChI is InChI=1S/C19H22F4N6O2S/c1-9(2)29-8-12(20)17(27-29)32(24,31)28-18(30)26-15-11-4-3-5-13(11)25-16(19(21,22)23)14(15)10-6-7-10/h8-10H,3-7H2,1-2H3,(H3,24,25,26,28,30,31)/t32-/m0/s1. The van der Waals surface area contributed by atoms with Gasteiger partial charge < -0.3 is 5.32 Å². The number of pyridine rings is 1. The van der Waals surface area contributed by atoms with Gasteiger partial charge >= 0.3 is 12.2 Å². The van der Waals surface area contributed by atoms with Gasteiger partial charge in [0.05, 0.1) is 11.9 Å². The van der Waals surface area contributed by atoms with Crippen LogP contribution in [0.5, 0.6) is 0 Å². The number of rotatable bonds is 4. The number of carbonyl (C=O) groups is 1. The number of nitrogens with two attached hydrogens (primary N) is 1. The van der Waals surface area contributed by atoms with Gasteiger partial charge in [-0.1, -0.05) is 0 Å². The average molecular weight is 474 g/mol. The van der Waals surface area contributed by atoms with Crippen LogP contribution in [0.15, 0.2) is 15.6 Å². The summed E-state index contributed by atoms with van der Waals surface area (Å²) in [6, 6.07) is -1.49. The predicted octanol–water partition coefficient (Wildman–Crippen LogP) is 4.32. The highest BCUT2D eigenvalue weighted by Crippen LogP contribution is 2.50. The number of carbonyl (C=O) groups excluding carboxylic acids is 1. The van der Waals surface area contributed by atoms with E-state index in [0.717, 1.165) is 6.20 Å². The van der Waals surface area contributed by atoms with Crippen molar-refractivity contribution in [3.05, 3.63) is 34.5 Å². The highest BCUT2D eigenvalue weighted by atomic mass is 32.2. The molecule has 1 fully saturated rings. The molecule has 0 unspecified atom stereocenters. The van der Waals surface area contributed by atoms with E-state index in [-0.39, 0.29) is 28.9 Å². The summed E-state index contributed by atoms with van der Waals surface area (Å²) in [5.41, 5.74) is -0.319. The summed E-state index contributed by atoms with van der Waals surface area (Å²) in [4.78, 5) is 16.5. The predicted molar refractivity (Wildman–Crippen MR) is 108 cm³/mol. The second kappa shape index (κ2) is 7.80. The first-order valence-electron chi connectivity index (χ1n) is 10.1. The van der Waals surface area contributed by atoms with E-state index in [1.165, 1.54) is 4.68 Å². The molecule has 8 nitrogen and oxygen atoms in total. The number of nitrogens with zero attached hydrogens (tertiary/aromatic N) is 4. The molecular weight excluding hydrogens is 452 g/mol. The van der Waals surface area contributed by atoms with Crippen LogP contribution in [0.3, 0.4) is 0 Å². The maximum Gasteiger partial charge on any atom is 0.433 e. The lowest BCUT2D eigenvalue weighted by atomic mass is 10.00. The normalized spacial score (nSPS) is 17.9. The molecule has 0 radical (unpaired) electrons. The zero-order valence-corrected chi connectivity index (χ0v) is 18.2. The van der Waals surface area contributed by atoms with E-state index < -0.39 is 38.7 Å². The number of alkyl halides is 3. The molecule has 2 aromatic rings. The zero-order valence-electron chi connectivity index (χ0n) is 17.4. The Kier molecular flexibility index (Phi) is 5.52. The Morgan fingerprint density at radius 2 is 2.03 bits per heavy atom. The van der Waals surface area contributed by atoms with Gasteiger partial charge in [-0.3, -0.25) is 4.68 Å². The number of urea groups is 1. The van der Waals surface area contributed by atoms with Crippen LogP contribution in [-0.2, 0) is 28.9 Å². The molecule has 13 heteroatoms. The molecule has 4 rings (SSSR count). The molecular formula is C19H22F4N6O2S. The Bertz CT molecular complexity index is 1210. The van der Waals surface area contributed by atoms with E-state index >= 15 is 0 Å². The first-order chi connectivity index (χ1) is 14.9. The molecule has 2 aliphatic rings. The molecule has 0 saturated heterocycles. The van der Waals surface area contributed by atoms with Gasteiger partial charge in [0, 0.05) is 17.3 Å². The number of fused-ring (bicyclic) bond motifs is 1. The molecule has 0 aromatic carbocycles. The molecule has 174 valence electrons. The van der Waals surface area contributed by atoms with Crippen LogP contribution in [0.4, 0.5) is 28.0 Å². The molecule has 2 heterocycles. The number of anilines is 1. The number of halogens is 4. The van der Waals surface area contributed by atoms with E-state index in [0.29, 0.717) is 37.7 Å². The Morgan fingerprint density at radius 1 is 1.34 bits per heavy atom. The molecule has 1 saturated carbocycles. The van der Waals surface area contributed by atoms with Gasteiger partial charge in [0.25, 0.3) is 0 Å². The number of amides is 2. The number of hydrogen-bond acceptors (Lipinski definition) is 4. The summed E-state index contributed by atoms with van der Waals surface area (Å²) >= 11 is 0. The molecule has 1 atom stereocenters. The van der Waals surface area contributed by atoms with Crippen molar-refractivity contribution in [3.63, 3.8) is 0 Å². The highest BCUT2D eigenvalue weighted by Gasteiger charge is 2.43. The number of aryl methyl sites for hydroxylation is 1. The SMILES string of the molecule is CC(C)n1cc(F)c([S@@](N)(=O)=NC(=O)Nc2c3c(nc(C(F)(F)F)c2C2CC2)CCC3)n1. The Hall–Kier alpha value is -2.54. The monoisotopic (exact) mass is 474 g/mol.